The maximum atomic E-state index is 4.73. The molecular formula is C16H12N4OS. The molecule has 0 N–H and O–H groups in total. The molecule has 6 heteroatoms. The Morgan fingerprint density at radius 3 is 2.32 bits per heavy atom. The van der Waals surface area contributed by atoms with E-state index in [4.69, 9.17) is 14.6 Å². The second-order valence-corrected chi connectivity index (χ2v) is 5.60. The second-order valence-electron chi connectivity index (χ2n) is 4.57. The minimum Gasteiger partial charge on any atom is -0.243 e. The summed E-state index contributed by atoms with van der Waals surface area (Å²) in [4.78, 5) is 10.4. The Morgan fingerprint density at radius 2 is 1.55 bits per heavy atom. The zero-order valence-corrected chi connectivity index (χ0v) is 12.9. The molecule has 0 atom stereocenters. The Kier molecular flexibility index (Phi) is 2.97. The van der Waals surface area contributed by atoms with E-state index in [9.17, 15) is 0 Å². The fourth-order valence-corrected chi connectivity index (χ4v) is 3.45. The zero-order chi connectivity index (χ0) is 15.1. The van der Waals surface area contributed by atoms with Crippen LogP contribution >= 0.6 is 11.3 Å². The van der Waals surface area contributed by atoms with Crippen molar-refractivity contribution >= 4 is 53.8 Å². The fourth-order valence-electron chi connectivity index (χ4n) is 2.42. The van der Waals surface area contributed by atoms with Gasteiger partial charge in [0.05, 0.1) is 11.0 Å². The summed E-state index contributed by atoms with van der Waals surface area (Å²) in [6.45, 7) is 4.00. The lowest BCUT2D eigenvalue weighted by molar-refractivity contribution is 0.315. The summed E-state index contributed by atoms with van der Waals surface area (Å²) in [5.41, 5.74) is 3.96. The predicted octanol–water partition coefficient (Wildman–Crippen LogP) is 4.56. The SMILES string of the molecule is CC.c1ccc2c(c1)sc1nc3cc4nonc4cc3nc12. The van der Waals surface area contributed by atoms with E-state index in [-0.39, 0.29) is 0 Å². The predicted molar refractivity (Wildman–Crippen MR) is 89.1 cm³/mol. The van der Waals surface area contributed by atoms with Gasteiger partial charge in [-0.25, -0.2) is 14.6 Å². The number of hydrogen-bond acceptors (Lipinski definition) is 6. The highest BCUT2D eigenvalue weighted by Gasteiger charge is 2.11. The molecule has 0 fully saturated rings. The van der Waals surface area contributed by atoms with Crippen LogP contribution in [0.5, 0.6) is 0 Å². The normalized spacial score (nSPS) is 11.2. The van der Waals surface area contributed by atoms with Gasteiger partial charge >= 0.3 is 0 Å². The van der Waals surface area contributed by atoms with Crippen molar-refractivity contribution in [2.45, 2.75) is 13.8 Å². The molecule has 0 saturated heterocycles. The van der Waals surface area contributed by atoms with Crippen LogP contribution in [0.3, 0.4) is 0 Å². The van der Waals surface area contributed by atoms with E-state index in [0.717, 1.165) is 26.8 Å². The molecule has 0 bridgehead atoms. The summed E-state index contributed by atoms with van der Waals surface area (Å²) in [5.74, 6) is 0. The molecule has 3 aromatic heterocycles. The smallest absolute Gasteiger partial charge is 0.143 e. The highest BCUT2D eigenvalue weighted by atomic mass is 32.1. The van der Waals surface area contributed by atoms with Gasteiger partial charge in [-0.1, -0.05) is 32.0 Å². The summed E-state index contributed by atoms with van der Waals surface area (Å²) >= 11 is 1.65. The van der Waals surface area contributed by atoms with Crippen LogP contribution in [0.1, 0.15) is 13.8 Å². The maximum absolute atomic E-state index is 4.73. The molecule has 5 rings (SSSR count). The van der Waals surface area contributed by atoms with E-state index in [1.807, 2.05) is 38.1 Å². The summed E-state index contributed by atoms with van der Waals surface area (Å²) in [5, 5.41) is 8.83. The summed E-state index contributed by atoms with van der Waals surface area (Å²) in [6.07, 6.45) is 0. The highest BCUT2D eigenvalue weighted by Crippen LogP contribution is 2.32. The molecule has 0 aliphatic rings. The van der Waals surface area contributed by atoms with Crippen LogP contribution in [0.15, 0.2) is 41.0 Å². The molecule has 0 amide bonds. The lowest BCUT2D eigenvalue weighted by Gasteiger charge is -1.96. The minimum absolute atomic E-state index is 0.700. The standard InChI is InChI=1S/C14H6N4OS.C2H6/c1-2-4-12-7(3-1)13-14(20-12)16-9-6-11-10(17-19-18-11)5-8(9)15-13;1-2/h1-6H;1-2H3. The molecule has 0 aliphatic heterocycles. The molecule has 22 heavy (non-hydrogen) atoms. The van der Waals surface area contributed by atoms with Gasteiger partial charge in [-0.2, -0.15) is 0 Å². The van der Waals surface area contributed by atoms with E-state index in [1.54, 1.807) is 11.3 Å². The van der Waals surface area contributed by atoms with Gasteiger partial charge in [0.1, 0.15) is 21.4 Å². The van der Waals surface area contributed by atoms with Crippen LogP contribution in [-0.2, 0) is 0 Å². The molecule has 0 radical (unpaired) electrons. The van der Waals surface area contributed by atoms with Crippen molar-refractivity contribution in [3.63, 3.8) is 0 Å². The van der Waals surface area contributed by atoms with Crippen LogP contribution in [0, 0.1) is 0 Å². The Labute approximate surface area is 129 Å². The van der Waals surface area contributed by atoms with E-state index in [0.29, 0.717) is 11.0 Å². The first-order valence-electron chi connectivity index (χ1n) is 7.10. The number of rotatable bonds is 0. The van der Waals surface area contributed by atoms with Gasteiger partial charge in [-0.15, -0.1) is 11.3 Å². The quantitative estimate of drug-likeness (QED) is 0.419. The van der Waals surface area contributed by atoms with Crippen molar-refractivity contribution in [1.82, 2.24) is 20.3 Å². The molecule has 3 heterocycles. The number of thiophene rings is 1. The van der Waals surface area contributed by atoms with Gasteiger partial charge in [-0.05, 0) is 28.5 Å². The molecule has 2 aromatic carbocycles. The summed E-state index contributed by atoms with van der Waals surface area (Å²) in [7, 11) is 0. The molecular weight excluding hydrogens is 296 g/mol. The lowest BCUT2D eigenvalue weighted by atomic mass is 10.2. The van der Waals surface area contributed by atoms with Crippen LogP contribution in [-0.4, -0.2) is 20.3 Å². The Morgan fingerprint density at radius 1 is 0.864 bits per heavy atom. The van der Waals surface area contributed by atoms with Crippen LogP contribution in [0.25, 0.3) is 42.5 Å². The number of fused-ring (bicyclic) bond motifs is 5. The number of hydrogen-bond donors (Lipinski definition) is 0. The average molecular weight is 308 g/mol. The first-order valence-corrected chi connectivity index (χ1v) is 7.91. The van der Waals surface area contributed by atoms with Gasteiger partial charge in [-0.3, -0.25) is 0 Å². The van der Waals surface area contributed by atoms with Gasteiger partial charge in [0.25, 0.3) is 0 Å². The molecule has 0 unspecified atom stereocenters. The van der Waals surface area contributed by atoms with Gasteiger partial charge in [0.2, 0.25) is 0 Å². The van der Waals surface area contributed by atoms with Crippen molar-refractivity contribution in [2.75, 3.05) is 0 Å². The Hall–Kier alpha value is -2.60. The topological polar surface area (TPSA) is 64.7 Å². The minimum atomic E-state index is 0.700. The fraction of sp³-hybridized carbons (Fsp3) is 0.125. The zero-order valence-electron chi connectivity index (χ0n) is 12.1. The van der Waals surface area contributed by atoms with E-state index >= 15 is 0 Å². The molecule has 0 saturated carbocycles. The lowest BCUT2D eigenvalue weighted by Crippen LogP contribution is -1.84. The van der Waals surface area contributed by atoms with Crippen molar-refractivity contribution in [3.8, 4) is 0 Å². The van der Waals surface area contributed by atoms with Crippen molar-refractivity contribution < 1.29 is 4.63 Å². The van der Waals surface area contributed by atoms with Crippen molar-refractivity contribution in [2.24, 2.45) is 0 Å². The Bertz CT molecular complexity index is 1110. The van der Waals surface area contributed by atoms with Gasteiger partial charge in [0, 0.05) is 10.1 Å². The van der Waals surface area contributed by atoms with Crippen LogP contribution in [0.2, 0.25) is 0 Å². The molecule has 5 nitrogen and oxygen atoms in total. The maximum Gasteiger partial charge on any atom is 0.143 e. The third-order valence-electron chi connectivity index (χ3n) is 3.36. The van der Waals surface area contributed by atoms with Crippen LogP contribution in [0.4, 0.5) is 0 Å². The largest absolute Gasteiger partial charge is 0.243 e. The summed E-state index contributed by atoms with van der Waals surface area (Å²) in [6, 6.07) is 11.9. The average Bonchev–Trinajstić information content (AvgIpc) is 3.16. The number of nitrogens with zero attached hydrogens (tertiary/aromatic N) is 4. The monoisotopic (exact) mass is 308 g/mol. The number of aromatic nitrogens is 4. The Balaban J connectivity index is 0.000000602. The molecule has 108 valence electrons. The van der Waals surface area contributed by atoms with Gasteiger partial charge < -0.3 is 0 Å². The number of benzene rings is 2. The third kappa shape index (κ3) is 1.84. The molecule has 0 aliphatic carbocycles. The van der Waals surface area contributed by atoms with E-state index < -0.39 is 0 Å². The third-order valence-corrected chi connectivity index (χ3v) is 4.41. The molecule has 0 spiro atoms. The first kappa shape index (κ1) is 13.1. The second kappa shape index (κ2) is 4.99. The molecule has 5 aromatic rings. The van der Waals surface area contributed by atoms with Crippen molar-refractivity contribution in [3.05, 3.63) is 36.4 Å². The highest BCUT2D eigenvalue weighted by molar-refractivity contribution is 7.25. The first-order chi connectivity index (χ1) is 10.9. The van der Waals surface area contributed by atoms with Crippen molar-refractivity contribution in [1.29, 1.82) is 0 Å². The summed E-state index contributed by atoms with van der Waals surface area (Å²) < 4.78 is 5.93. The van der Waals surface area contributed by atoms with Gasteiger partial charge in [0.15, 0.2) is 0 Å². The van der Waals surface area contributed by atoms with E-state index in [1.165, 1.54) is 4.70 Å². The van der Waals surface area contributed by atoms with Crippen LogP contribution < -0.4 is 0 Å². The van der Waals surface area contributed by atoms with E-state index in [2.05, 4.69) is 22.4 Å².